The summed E-state index contributed by atoms with van der Waals surface area (Å²) in [6.07, 6.45) is 0. The van der Waals surface area contributed by atoms with Crippen LogP contribution in [0.15, 0.2) is 54.6 Å². The minimum Gasteiger partial charge on any atom is -0.393 e. The Labute approximate surface area is 154 Å². The van der Waals surface area contributed by atoms with E-state index in [1.165, 1.54) is 4.68 Å². The van der Waals surface area contributed by atoms with Crippen LogP contribution in [0.4, 0.5) is 5.82 Å². The van der Waals surface area contributed by atoms with Crippen molar-refractivity contribution in [2.75, 3.05) is 5.73 Å². The zero-order chi connectivity index (χ0) is 18.3. The van der Waals surface area contributed by atoms with Crippen molar-refractivity contribution in [3.63, 3.8) is 0 Å². The minimum absolute atomic E-state index is 0.180. The fourth-order valence-corrected chi connectivity index (χ4v) is 2.94. The van der Waals surface area contributed by atoms with E-state index in [-0.39, 0.29) is 11.5 Å². The molecule has 0 radical (unpaired) electrons. The summed E-state index contributed by atoms with van der Waals surface area (Å²) in [5, 5.41) is 5.02. The number of nitrogens with two attached hydrogens (primary N) is 3. The lowest BCUT2D eigenvalue weighted by Gasteiger charge is -2.07. The molecular weight excluding hydrogens is 350 g/mol. The minimum atomic E-state index is 0.180. The molecule has 0 saturated heterocycles. The monoisotopic (exact) mass is 365 g/mol. The quantitative estimate of drug-likeness (QED) is 0.444. The van der Waals surface area contributed by atoms with Crippen LogP contribution < -0.4 is 17.2 Å². The van der Waals surface area contributed by atoms with Crippen LogP contribution in [0.3, 0.4) is 0 Å². The zero-order valence-corrected chi connectivity index (χ0v) is 14.4. The van der Waals surface area contributed by atoms with Crippen molar-refractivity contribution >= 4 is 40.0 Å². The topological polar surface area (TPSA) is 125 Å². The molecule has 0 aliphatic carbocycles. The molecule has 0 aliphatic rings. The molecule has 130 valence electrons. The van der Waals surface area contributed by atoms with Crippen LogP contribution in [-0.2, 0) is 0 Å². The van der Waals surface area contributed by atoms with Crippen molar-refractivity contribution in [1.82, 2.24) is 19.7 Å². The van der Waals surface area contributed by atoms with Gasteiger partial charge in [0.05, 0.1) is 21.7 Å². The number of halogens is 1. The summed E-state index contributed by atoms with van der Waals surface area (Å²) >= 11 is 6.23. The Morgan fingerprint density at radius 1 is 1.04 bits per heavy atom. The Hall–Kier alpha value is -3.45. The maximum atomic E-state index is 6.23. The van der Waals surface area contributed by atoms with Crippen LogP contribution in [0.25, 0.3) is 33.8 Å². The third kappa shape index (κ3) is 2.64. The van der Waals surface area contributed by atoms with Crippen LogP contribution in [-0.4, -0.2) is 19.7 Å². The highest BCUT2D eigenvalue weighted by Crippen LogP contribution is 2.29. The number of fused-ring (bicyclic) bond motifs is 1. The molecule has 0 bridgehead atoms. The van der Waals surface area contributed by atoms with E-state index in [9.17, 15) is 0 Å². The highest BCUT2D eigenvalue weighted by molar-refractivity contribution is 6.33. The third-order valence-corrected chi connectivity index (χ3v) is 4.36. The summed E-state index contributed by atoms with van der Waals surface area (Å²) in [5.41, 5.74) is 21.8. The van der Waals surface area contributed by atoms with Gasteiger partial charge in [-0.15, -0.1) is 0 Å². The fourth-order valence-electron chi connectivity index (χ4n) is 2.70. The van der Waals surface area contributed by atoms with Gasteiger partial charge in [-0.05, 0) is 18.2 Å². The average molecular weight is 366 g/mol. The third-order valence-electron chi connectivity index (χ3n) is 4.04. The number of nitrogen functional groups attached to an aromatic ring is 1. The number of imidazole rings is 1. The van der Waals surface area contributed by atoms with Crippen LogP contribution in [0.5, 0.6) is 0 Å². The van der Waals surface area contributed by atoms with Crippen molar-refractivity contribution in [2.24, 2.45) is 11.5 Å². The molecule has 7 nitrogen and oxygen atoms in total. The van der Waals surface area contributed by atoms with Gasteiger partial charge in [-0.2, -0.15) is 9.78 Å². The zero-order valence-electron chi connectivity index (χ0n) is 13.6. The summed E-state index contributed by atoms with van der Waals surface area (Å²) in [4.78, 5) is 7.58. The average Bonchev–Trinajstić information content (AvgIpc) is 3.24. The molecule has 2 aromatic heterocycles. The van der Waals surface area contributed by atoms with Gasteiger partial charge in [0.25, 0.3) is 0 Å². The molecule has 0 fully saturated rings. The predicted octanol–water partition coefficient (Wildman–Crippen LogP) is 2.86. The van der Waals surface area contributed by atoms with Crippen molar-refractivity contribution in [3.05, 3.63) is 65.4 Å². The van der Waals surface area contributed by atoms with E-state index in [0.29, 0.717) is 22.4 Å². The molecule has 4 aromatic rings. The number of hydrogen-bond donors (Lipinski definition) is 4. The number of para-hydroxylation sites is 2. The Morgan fingerprint density at radius 3 is 2.54 bits per heavy atom. The van der Waals surface area contributed by atoms with Crippen molar-refractivity contribution in [1.29, 1.82) is 0 Å². The highest BCUT2D eigenvalue weighted by Gasteiger charge is 2.15. The normalized spacial score (nSPS) is 12.3. The smallest absolute Gasteiger partial charge is 0.158 e. The Morgan fingerprint density at radius 2 is 1.77 bits per heavy atom. The van der Waals surface area contributed by atoms with Gasteiger partial charge in [0.1, 0.15) is 11.5 Å². The van der Waals surface area contributed by atoms with Gasteiger partial charge >= 0.3 is 0 Å². The first-order valence-electron chi connectivity index (χ1n) is 7.86. The number of benzene rings is 2. The summed E-state index contributed by atoms with van der Waals surface area (Å²) in [6, 6.07) is 16.7. The van der Waals surface area contributed by atoms with E-state index < -0.39 is 0 Å². The molecule has 0 aliphatic heterocycles. The van der Waals surface area contributed by atoms with E-state index in [4.69, 9.17) is 28.8 Å². The van der Waals surface area contributed by atoms with Crippen LogP contribution in [0.2, 0.25) is 5.02 Å². The standard InChI is InChI=1S/C18H16ClN7/c19-11-6-2-1-5-10(11)14-9-15(20)26(25-14)17(22)16(21)18-23-12-7-3-4-8-13(12)24-18/h1-9H,20-22H2,(H,23,24)/b17-16-. The molecule has 4 rings (SSSR count). The molecule has 26 heavy (non-hydrogen) atoms. The first-order valence-corrected chi connectivity index (χ1v) is 8.23. The van der Waals surface area contributed by atoms with Crippen molar-refractivity contribution < 1.29 is 0 Å². The maximum Gasteiger partial charge on any atom is 0.158 e. The van der Waals surface area contributed by atoms with Gasteiger partial charge in [-0.25, -0.2) is 4.98 Å². The lowest BCUT2D eigenvalue weighted by molar-refractivity contribution is 0.899. The molecule has 0 amide bonds. The first-order chi connectivity index (χ1) is 12.5. The molecule has 0 spiro atoms. The molecule has 8 heteroatoms. The maximum absolute atomic E-state index is 6.23. The van der Waals surface area contributed by atoms with Gasteiger partial charge in [0, 0.05) is 11.6 Å². The number of aromatic nitrogens is 4. The van der Waals surface area contributed by atoms with Crippen LogP contribution in [0.1, 0.15) is 5.82 Å². The Kier molecular flexibility index (Phi) is 3.78. The number of nitrogens with zero attached hydrogens (tertiary/aromatic N) is 3. The van der Waals surface area contributed by atoms with Gasteiger partial charge in [0.15, 0.2) is 11.6 Å². The molecule has 0 unspecified atom stereocenters. The Balaban J connectivity index is 1.79. The summed E-state index contributed by atoms with van der Waals surface area (Å²) < 4.78 is 1.38. The molecule has 0 saturated carbocycles. The van der Waals surface area contributed by atoms with E-state index in [2.05, 4.69) is 15.1 Å². The van der Waals surface area contributed by atoms with Gasteiger partial charge in [0.2, 0.25) is 0 Å². The molecular formula is C18H16ClN7. The summed E-state index contributed by atoms with van der Waals surface area (Å²) in [6.45, 7) is 0. The second kappa shape index (κ2) is 6.12. The SMILES string of the molecule is N/C(=C(/N)n1nc(-c2ccccc2Cl)cc1N)c1nc2ccccc2[nH]1. The number of hydrogen-bond acceptors (Lipinski definition) is 5. The van der Waals surface area contributed by atoms with Gasteiger partial charge in [-0.3, -0.25) is 0 Å². The Bertz CT molecular complexity index is 1110. The van der Waals surface area contributed by atoms with E-state index in [0.717, 1.165) is 16.6 Å². The van der Waals surface area contributed by atoms with Gasteiger partial charge < -0.3 is 22.2 Å². The fraction of sp³-hybridized carbons (Fsp3) is 0. The number of anilines is 1. The van der Waals surface area contributed by atoms with Crippen molar-refractivity contribution in [3.8, 4) is 11.3 Å². The largest absolute Gasteiger partial charge is 0.393 e. The molecule has 7 N–H and O–H groups in total. The summed E-state index contributed by atoms with van der Waals surface area (Å²) in [5.74, 6) is 0.981. The predicted molar refractivity (Wildman–Crippen MR) is 105 cm³/mol. The lowest BCUT2D eigenvalue weighted by Crippen LogP contribution is -2.17. The van der Waals surface area contributed by atoms with Crippen LogP contribution in [0, 0.1) is 0 Å². The molecule has 0 atom stereocenters. The molecule has 2 aromatic carbocycles. The van der Waals surface area contributed by atoms with Crippen molar-refractivity contribution in [2.45, 2.75) is 0 Å². The second-order valence-electron chi connectivity index (χ2n) is 5.75. The lowest BCUT2D eigenvalue weighted by atomic mass is 10.1. The number of nitrogens with one attached hydrogen (secondary N) is 1. The van der Waals surface area contributed by atoms with E-state index in [1.807, 2.05) is 42.5 Å². The number of aromatic amines is 1. The first kappa shape index (κ1) is 16.0. The number of rotatable bonds is 3. The second-order valence-corrected chi connectivity index (χ2v) is 6.15. The molecule has 2 heterocycles. The van der Waals surface area contributed by atoms with Crippen LogP contribution >= 0.6 is 11.6 Å². The summed E-state index contributed by atoms with van der Waals surface area (Å²) in [7, 11) is 0. The van der Waals surface area contributed by atoms with Gasteiger partial charge in [-0.1, -0.05) is 41.9 Å². The van der Waals surface area contributed by atoms with E-state index in [1.54, 1.807) is 12.1 Å². The highest BCUT2D eigenvalue weighted by atomic mass is 35.5. The number of H-pyrrole nitrogens is 1. The van der Waals surface area contributed by atoms with E-state index >= 15 is 0 Å².